The lowest BCUT2D eigenvalue weighted by Gasteiger charge is -2.23. The maximum Gasteiger partial charge on any atom is 0.326 e. The number of methoxy groups -OCH3 is 1. The lowest BCUT2D eigenvalue weighted by Crippen LogP contribution is -2.47. The number of esters is 1. The minimum absolute atomic E-state index is 0.255. The molecule has 1 N–H and O–H groups in total. The third kappa shape index (κ3) is 4.04. The third-order valence-corrected chi connectivity index (χ3v) is 2.63. The third-order valence-electron chi connectivity index (χ3n) is 2.63. The second-order valence-electron chi connectivity index (χ2n) is 4.58. The van der Waals surface area contributed by atoms with Crippen LogP contribution >= 0.6 is 0 Å². The SMILES string of the molecule is CCNC(C)(C)C(=O)OCc1cccc(OC)c1. The Kier molecular flexibility index (Phi) is 5.16. The first-order chi connectivity index (χ1) is 8.49. The predicted molar refractivity (Wildman–Crippen MR) is 70.5 cm³/mol. The maximum absolute atomic E-state index is 11.9. The Labute approximate surface area is 108 Å². The molecule has 0 heterocycles. The summed E-state index contributed by atoms with van der Waals surface area (Å²) in [6.45, 7) is 6.55. The van der Waals surface area contributed by atoms with Crippen LogP contribution in [-0.4, -0.2) is 25.2 Å². The van der Waals surface area contributed by atoms with Crippen LogP contribution in [0.3, 0.4) is 0 Å². The van der Waals surface area contributed by atoms with Gasteiger partial charge in [0.2, 0.25) is 0 Å². The van der Waals surface area contributed by atoms with Crippen molar-refractivity contribution in [2.24, 2.45) is 0 Å². The zero-order valence-corrected chi connectivity index (χ0v) is 11.4. The number of hydrogen-bond donors (Lipinski definition) is 1. The Morgan fingerprint density at radius 1 is 1.39 bits per heavy atom. The zero-order valence-electron chi connectivity index (χ0n) is 11.4. The highest BCUT2D eigenvalue weighted by Gasteiger charge is 2.27. The Bertz CT molecular complexity index is 402. The molecule has 100 valence electrons. The molecular weight excluding hydrogens is 230 g/mol. The molecule has 1 aromatic rings. The van der Waals surface area contributed by atoms with Crippen molar-refractivity contribution in [3.63, 3.8) is 0 Å². The average molecular weight is 251 g/mol. The van der Waals surface area contributed by atoms with Gasteiger partial charge in [0, 0.05) is 0 Å². The van der Waals surface area contributed by atoms with Crippen LogP contribution in [-0.2, 0) is 16.1 Å². The van der Waals surface area contributed by atoms with E-state index in [2.05, 4.69) is 5.32 Å². The molecule has 0 bridgehead atoms. The van der Waals surface area contributed by atoms with Crippen molar-refractivity contribution in [2.75, 3.05) is 13.7 Å². The lowest BCUT2D eigenvalue weighted by atomic mass is 10.1. The van der Waals surface area contributed by atoms with Gasteiger partial charge in [-0.2, -0.15) is 0 Å². The Balaban J connectivity index is 2.56. The molecule has 0 spiro atoms. The lowest BCUT2D eigenvalue weighted by molar-refractivity contribution is -0.151. The van der Waals surface area contributed by atoms with E-state index in [0.29, 0.717) is 0 Å². The molecule has 0 aliphatic heterocycles. The molecule has 0 aliphatic rings. The highest BCUT2D eigenvalue weighted by Crippen LogP contribution is 2.14. The van der Waals surface area contributed by atoms with Crippen molar-refractivity contribution in [1.82, 2.24) is 5.32 Å². The van der Waals surface area contributed by atoms with E-state index in [1.807, 2.05) is 45.0 Å². The van der Waals surface area contributed by atoms with Crippen molar-refractivity contribution in [1.29, 1.82) is 0 Å². The summed E-state index contributed by atoms with van der Waals surface area (Å²) in [5.74, 6) is 0.502. The van der Waals surface area contributed by atoms with Gasteiger partial charge in [0.15, 0.2) is 0 Å². The van der Waals surface area contributed by atoms with Crippen LogP contribution in [0.1, 0.15) is 26.3 Å². The van der Waals surface area contributed by atoms with E-state index in [-0.39, 0.29) is 12.6 Å². The second kappa shape index (κ2) is 6.40. The molecule has 0 fully saturated rings. The van der Waals surface area contributed by atoms with Crippen LogP contribution < -0.4 is 10.1 Å². The summed E-state index contributed by atoms with van der Waals surface area (Å²) in [7, 11) is 1.61. The van der Waals surface area contributed by atoms with Crippen molar-refractivity contribution in [3.8, 4) is 5.75 Å². The van der Waals surface area contributed by atoms with Crippen molar-refractivity contribution >= 4 is 5.97 Å². The molecule has 0 aliphatic carbocycles. The molecule has 4 nitrogen and oxygen atoms in total. The van der Waals surface area contributed by atoms with Crippen LogP contribution in [0.4, 0.5) is 0 Å². The van der Waals surface area contributed by atoms with Crippen molar-refractivity contribution in [2.45, 2.75) is 32.9 Å². The monoisotopic (exact) mass is 251 g/mol. The Morgan fingerprint density at radius 3 is 2.72 bits per heavy atom. The van der Waals surface area contributed by atoms with Gasteiger partial charge in [0.05, 0.1) is 7.11 Å². The fourth-order valence-corrected chi connectivity index (χ4v) is 1.61. The number of ether oxygens (including phenoxy) is 2. The number of carbonyl (C=O) groups is 1. The average Bonchev–Trinajstić information content (AvgIpc) is 2.36. The first-order valence-corrected chi connectivity index (χ1v) is 6.04. The summed E-state index contributed by atoms with van der Waals surface area (Å²) < 4.78 is 10.4. The van der Waals surface area contributed by atoms with Gasteiger partial charge in [-0.1, -0.05) is 19.1 Å². The quantitative estimate of drug-likeness (QED) is 0.787. The number of nitrogens with one attached hydrogen (secondary N) is 1. The summed E-state index contributed by atoms with van der Waals surface area (Å²) in [4.78, 5) is 11.9. The molecular formula is C14H21NO3. The van der Waals surface area contributed by atoms with Crippen LogP contribution in [0.2, 0.25) is 0 Å². The molecule has 4 heteroatoms. The van der Waals surface area contributed by atoms with Gasteiger partial charge in [-0.15, -0.1) is 0 Å². The number of hydrogen-bond acceptors (Lipinski definition) is 4. The van der Waals surface area contributed by atoms with Crippen LogP contribution in [0, 0.1) is 0 Å². The fraction of sp³-hybridized carbons (Fsp3) is 0.500. The highest BCUT2D eigenvalue weighted by molar-refractivity contribution is 5.79. The smallest absolute Gasteiger partial charge is 0.326 e. The molecule has 0 aromatic heterocycles. The normalized spacial score (nSPS) is 11.1. The summed E-state index contributed by atoms with van der Waals surface area (Å²) in [6, 6.07) is 7.48. The van der Waals surface area contributed by atoms with Crippen LogP contribution in [0.5, 0.6) is 5.75 Å². The van der Waals surface area contributed by atoms with E-state index in [4.69, 9.17) is 9.47 Å². The van der Waals surface area contributed by atoms with E-state index < -0.39 is 5.54 Å². The molecule has 0 atom stereocenters. The van der Waals surface area contributed by atoms with E-state index >= 15 is 0 Å². The van der Waals surface area contributed by atoms with Gasteiger partial charge in [0.1, 0.15) is 17.9 Å². The number of likely N-dealkylation sites (N-methyl/N-ethyl adjacent to an activating group) is 1. The molecule has 0 saturated heterocycles. The van der Waals surface area contributed by atoms with E-state index in [1.54, 1.807) is 7.11 Å². The van der Waals surface area contributed by atoms with Gasteiger partial charge in [0.25, 0.3) is 0 Å². The second-order valence-corrected chi connectivity index (χ2v) is 4.58. The van der Waals surface area contributed by atoms with E-state index in [1.165, 1.54) is 0 Å². The standard InChI is InChI=1S/C14H21NO3/c1-5-15-14(2,3)13(16)18-10-11-7-6-8-12(9-11)17-4/h6-9,15H,5,10H2,1-4H3. The summed E-state index contributed by atoms with van der Waals surface area (Å²) >= 11 is 0. The molecule has 18 heavy (non-hydrogen) atoms. The van der Waals surface area contributed by atoms with Crippen LogP contribution in [0.15, 0.2) is 24.3 Å². The summed E-state index contributed by atoms with van der Waals surface area (Å²) in [5.41, 5.74) is 0.253. The fourth-order valence-electron chi connectivity index (χ4n) is 1.61. The Morgan fingerprint density at radius 2 is 2.11 bits per heavy atom. The van der Waals surface area contributed by atoms with Crippen LogP contribution in [0.25, 0.3) is 0 Å². The van der Waals surface area contributed by atoms with Gasteiger partial charge in [-0.25, -0.2) is 0 Å². The number of carbonyl (C=O) groups excluding carboxylic acids is 1. The Hall–Kier alpha value is -1.55. The largest absolute Gasteiger partial charge is 0.497 e. The first kappa shape index (κ1) is 14.5. The molecule has 1 rings (SSSR count). The van der Waals surface area contributed by atoms with E-state index in [0.717, 1.165) is 17.9 Å². The number of benzene rings is 1. The zero-order chi connectivity index (χ0) is 13.6. The topological polar surface area (TPSA) is 47.6 Å². The van der Waals surface area contributed by atoms with Crippen molar-refractivity contribution in [3.05, 3.63) is 29.8 Å². The van der Waals surface area contributed by atoms with E-state index in [9.17, 15) is 4.79 Å². The molecule has 0 unspecified atom stereocenters. The molecule has 0 amide bonds. The minimum atomic E-state index is -0.659. The highest BCUT2D eigenvalue weighted by atomic mass is 16.5. The summed E-state index contributed by atoms with van der Waals surface area (Å²) in [5, 5.41) is 3.08. The number of rotatable bonds is 6. The molecule has 0 radical (unpaired) electrons. The minimum Gasteiger partial charge on any atom is -0.497 e. The van der Waals surface area contributed by atoms with Gasteiger partial charge in [-0.3, -0.25) is 4.79 Å². The van der Waals surface area contributed by atoms with Gasteiger partial charge >= 0.3 is 5.97 Å². The molecule has 0 saturated carbocycles. The first-order valence-electron chi connectivity index (χ1n) is 6.04. The predicted octanol–water partition coefficient (Wildman–Crippen LogP) is 2.13. The van der Waals surface area contributed by atoms with Crippen molar-refractivity contribution < 1.29 is 14.3 Å². The molecule has 1 aromatic carbocycles. The summed E-state index contributed by atoms with van der Waals surface area (Å²) in [6.07, 6.45) is 0. The van der Waals surface area contributed by atoms with Gasteiger partial charge < -0.3 is 14.8 Å². The maximum atomic E-state index is 11.9. The van der Waals surface area contributed by atoms with Gasteiger partial charge in [-0.05, 0) is 38.1 Å².